The van der Waals surface area contributed by atoms with Crippen molar-refractivity contribution in [2.45, 2.75) is 26.1 Å². The summed E-state index contributed by atoms with van der Waals surface area (Å²) in [6, 6.07) is 7.60. The third kappa shape index (κ3) is 4.34. The van der Waals surface area contributed by atoms with Gasteiger partial charge >= 0.3 is 0 Å². The molecule has 0 radical (unpaired) electrons. The number of nitrogens with zero attached hydrogens (tertiary/aromatic N) is 3. The Hall–Kier alpha value is -1.28. The average Bonchev–Trinajstić information content (AvgIpc) is 2.43. The molecule has 0 aromatic heterocycles. The summed E-state index contributed by atoms with van der Waals surface area (Å²) in [7, 11) is 2.00. The van der Waals surface area contributed by atoms with Gasteiger partial charge in [-0.15, -0.1) is 0 Å². The number of likely N-dealkylation sites (N-methyl/N-ethyl adjacent to an activating group) is 1. The van der Waals surface area contributed by atoms with Gasteiger partial charge in [0.2, 0.25) is 0 Å². The molecule has 2 atom stereocenters. The van der Waals surface area contributed by atoms with Crippen LogP contribution in [-0.2, 0) is 4.74 Å². The molecule has 0 bridgehead atoms. The number of ether oxygens (including phenoxy) is 1. The van der Waals surface area contributed by atoms with Crippen LogP contribution in [0.15, 0.2) is 18.2 Å². The lowest BCUT2D eigenvalue weighted by molar-refractivity contribution is -0.0670. The van der Waals surface area contributed by atoms with Gasteiger partial charge in [0.25, 0.3) is 0 Å². The first-order chi connectivity index (χ1) is 9.99. The Labute approximate surface area is 131 Å². The summed E-state index contributed by atoms with van der Waals surface area (Å²) < 4.78 is 5.74. The molecule has 1 aliphatic heterocycles. The van der Waals surface area contributed by atoms with Gasteiger partial charge in [-0.05, 0) is 32.0 Å². The maximum atomic E-state index is 9.20. The summed E-state index contributed by atoms with van der Waals surface area (Å²) >= 11 is 6.04. The summed E-state index contributed by atoms with van der Waals surface area (Å²) in [5.74, 6) is 0. The largest absolute Gasteiger partial charge is 0.373 e. The van der Waals surface area contributed by atoms with E-state index in [1.165, 1.54) is 0 Å². The average molecular weight is 308 g/mol. The third-order valence-corrected chi connectivity index (χ3v) is 3.97. The normalized spacial score (nSPS) is 22.8. The molecule has 1 aromatic carbocycles. The molecular formula is C16H22ClN3O. The van der Waals surface area contributed by atoms with Crippen LogP contribution in [0.3, 0.4) is 0 Å². The second-order valence-corrected chi connectivity index (χ2v) is 6.15. The zero-order valence-electron chi connectivity index (χ0n) is 12.8. The fraction of sp³-hybridized carbons (Fsp3) is 0.562. The third-order valence-electron chi connectivity index (χ3n) is 3.74. The molecule has 0 saturated carbocycles. The first kappa shape index (κ1) is 16.1. The predicted molar refractivity (Wildman–Crippen MR) is 85.9 cm³/mol. The maximum Gasteiger partial charge on any atom is 0.101 e. The van der Waals surface area contributed by atoms with Gasteiger partial charge in [-0.3, -0.25) is 4.90 Å². The number of morpholine rings is 1. The van der Waals surface area contributed by atoms with Crippen molar-refractivity contribution in [3.05, 3.63) is 28.8 Å². The van der Waals surface area contributed by atoms with E-state index in [1.807, 2.05) is 13.1 Å². The van der Waals surface area contributed by atoms with Crippen molar-refractivity contribution >= 4 is 17.3 Å². The Bertz CT molecular complexity index is 519. The zero-order valence-corrected chi connectivity index (χ0v) is 13.6. The number of rotatable bonds is 4. The first-order valence-electron chi connectivity index (χ1n) is 7.28. The molecule has 5 heteroatoms. The lowest BCUT2D eigenvalue weighted by atomic mass is 10.1. The van der Waals surface area contributed by atoms with Crippen molar-refractivity contribution in [3.8, 4) is 6.07 Å². The van der Waals surface area contributed by atoms with Crippen molar-refractivity contribution < 1.29 is 4.74 Å². The van der Waals surface area contributed by atoms with E-state index < -0.39 is 0 Å². The van der Waals surface area contributed by atoms with Crippen LogP contribution >= 0.6 is 11.6 Å². The summed E-state index contributed by atoms with van der Waals surface area (Å²) in [6.45, 7) is 7.94. The van der Waals surface area contributed by atoms with Gasteiger partial charge in [0, 0.05) is 38.2 Å². The van der Waals surface area contributed by atoms with Crippen LogP contribution in [-0.4, -0.2) is 50.3 Å². The van der Waals surface area contributed by atoms with Gasteiger partial charge < -0.3 is 9.64 Å². The Morgan fingerprint density at radius 1 is 1.38 bits per heavy atom. The van der Waals surface area contributed by atoms with Gasteiger partial charge in [0.05, 0.1) is 23.5 Å². The maximum absolute atomic E-state index is 9.20. The van der Waals surface area contributed by atoms with Gasteiger partial charge in [-0.25, -0.2) is 0 Å². The molecule has 0 aliphatic carbocycles. The van der Waals surface area contributed by atoms with E-state index in [0.29, 0.717) is 10.6 Å². The molecular weight excluding hydrogens is 286 g/mol. The van der Waals surface area contributed by atoms with Crippen molar-refractivity contribution in [2.75, 3.05) is 38.1 Å². The number of halogens is 1. The Morgan fingerprint density at radius 2 is 2.05 bits per heavy atom. The summed E-state index contributed by atoms with van der Waals surface area (Å²) in [6.07, 6.45) is 0.555. The van der Waals surface area contributed by atoms with Crippen molar-refractivity contribution in [1.29, 1.82) is 5.26 Å². The molecule has 21 heavy (non-hydrogen) atoms. The standard InChI is InChI=1S/C16H22ClN3O/c1-12-10-20(11-13(2)21-12)7-6-19(3)16-8-15(17)5-4-14(16)9-18/h4-5,8,12-13H,6-7,10-11H2,1-3H3/t12-,13+. The predicted octanol–water partition coefficient (Wildman–Crippen LogP) is 2.76. The van der Waals surface area contributed by atoms with Crippen LogP contribution in [0.25, 0.3) is 0 Å². The molecule has 1 fully saturated rings. The molecule has 0 amide bonds. The lowest BCUT2D eigenvalue weighted by Gasteiger charge is -2.36. The Balaban J connectivity index is 1.97. The van der Waals surface area contributed by atoms with E-state index in [9.17, 15) is 5.26 Å². The van der Waals surface area contributed by atoms with E-state index in [0.717, 1.165) is 31.9 Å². The number of hydrogen-bond donors (Lipinski definition) is 0. The minimum atomic E-state index is 0.278. The Kier molecular flexibility index (Phi) is 5.46. The lowest BCUT2D eigenvalue weighted by Crippen LogP contribution is -2.47. The summed E-state index contributed by atoms with van der Waals surface area (Å²) in [5, 5.41) is 9.85. The highest BCUT2D eigenvalue weighted by molar-refractivity contribution is 6.30. The molecule has 0 unspecified atom stereocenters. The smallest absolute Gasteiger partial charge is 0.101 e. The summed E-state index contributed by atoms with van der Waals surface area (Å²) in [5.41, 5.74) is 1.55. The molecule has 1 saturated heterocycles. The van der Waals surface area contributed by atoms with Gasteiger partial charge in [-0.1, -0.05) is 11.6 Å². The topological polar surface area (TPSA) is 39.5 Å². The number of hydrogen-bond acceptors (Lipinski definition) is 4. The fourth-order valence-electron chi connectivity index (χ4n) is 2.79. The first-order valence-corrected chi connectivity index (χ1v) is 7.66. The zero-order chi connectivity index (χ0) is 15.4. The van der Waals surface area contributed by atoms with Crippen LogP contribution in [0.1, 0.15) is 19.4 Å². The monoisotopic (exact) mass is 307 g/mol. The van der Waals surface area contributed by atoms with Gasteiger partial charge in [0.15, 0.2) is 0 Å². The highest BCUT2D eigenvalue weighted by Crippen LogP contribution is 2.23. The van der Waals surface area contributed by atoms with E-state index in [2.05, 4.69) is 29.7 Å². The van der Waals surface area contributed by atoms with Crippen molar-refractivity contribution in [1.82, 2.24) is 4.90 Å². The molecule has 4 nitrogen and oxygen atoms in total. The van der Waals surface area contributed by atoms with Gasteiger partial charge in [-0.2, -0.15) is 5.26 Å². The molecule has 1 heterocycles. The SMILES string of the molecule is C[C@@H]1CN(CCN(C)c2cc(Cl)ccc2C#N)C[C@H](C)O1. The van der Waals surface area contributed by atoms with Crippen molar-refractivity contribution in [3.63, 3.8) is 0 Å². The van der Waals surface area contributed by atoms with Crippen LogP contribution in [0.4, 0.5) is 5.69 Å². The highest BCUT2D eigenvalue weighted by atomic mass is 35.5. The minimum absolute atomic E-state index is 0.278. The minimum Gasteiger partial charge on any atom is -0.373 e. The molecule has 2 rings (SSSR count). The van der Waals surface area contributed by atoms with Crippen molar-refractivity contribution in [2.24, 2.45) is 0 Å². The molecule has 1 aromatic rings. The quantitative estimate of drug-likeness (QED) is 0.857. The van der Waals surface area contributed by atoms with E-state index in [1.54, 1.807) is 12.1 Å². The van der Waals surface area contributed by atoms with E-state index in [4.69, 9.17) is 16.3 Å². The van der Waals surface area contributed by atoms with Crippen LogP contribution in [0.2, 0.25) is 5.02 Å². The molecule has 114 valence electrons. The van der Waals surface area contributed by atoms with Crippen LogP contribution in [0, 0.1) is 11.3 Å². The van der Waals surface area contributed by atoms with Gasteiger partial charge in [0.1, 0.15) is 6.07 Å². The van der Waals surface area contributed by atoms with Crippen LogP contribution < -0.4 is 4.90 Å². The number of nitriles is 1. The molecule has 0 N–H and O–H groups in total. The fourth-order valence-corrected chi connectivity index (χ4v) is 2.96. The highest BCUT2D eigenvalue weighted by Gasteiger charge is 2.22. The number of benzene rings is 1. The van der Waals surface area contributed by atoms with E-state index in [-0.39, 0.29) is 12.2 Å². The molecule has 0 spiro atoms. The molecule has 1 aliphatic rings. The second-order valence-electron chi connectivity index (χ2n) is 5.71. The van der Waals surface area contributed by atoms with E-state index >= 15 is 0 Å². The number of anilines is 1. The second kappa shape index (κ2) is 7.13. The summed E-state index contributed by atoms with van der Waals surface area (Å²) in [4.78, 5) is 4.50. The Morgan fingerprint density at radius 3 is 2.67 bits per heavy atom. The van der Waals surface area contributed by atoms with Crippen LogP contribution in [0.5, 0.6) is 0 Å².